The fourth-order valence-corrected chi connectivity index (χ4v) is 3.02. The second kappa shape index (κ2) is 9.61. The monoisotopic (exact) mass is 397 g/mol. The lowest BCUT2D eigenvalue weighted by atomic mass is 10.2. The molecule has 28 heavy (non-hydrogen) atoms. The number of thioether (sulfide) groups is 1. The maximum absolute atomic E-state index is 12.1. The summed E-state index contributed by atoms with van der Waals surface area (Å²) >= 11 is 1.45. The highest BCUT2D eigenvalue weighted by Gasteiger charge is 2.08. The van der Waals surface area contributed by atoms with Gasteiger partial charge >= 0.3 is 0 Å². The lowest BCUT2D eigenvalue weighted by Crippen LogP contribution is -2.20. The number of ether oxygens (including phenoxy) is 1. The van der Waals surface area contributed by atoms with Gasteiger partial charge in [-0.25, -0.2) is 4.98 Å². The maximum Gasteiger partial charge on any atom is 0.255 e. The number of carbonyl (C=O) groups is 2. The van der Waals surface area contributed by atoms with Gasteiger partial charge in [0.05, 0.1) is 11.4 Å². The van der Waals surface area contributed by atoms with Gasteiger partial charge in [-0.3, -0.25) is 9.59 Å². The van der Waals surface area contributed by atoms with Crippen LogP contribution in [0.2, 0.25) is 0 Å². The number of nitrogens with one attached hydrogen (secondary N) is 1. The Hall–Kier alpha value is -3.26. The van der Waals surface area contributed by atoms with Gasteiger partial charge in [0, 0.05) is 17.0 Å². The number of benzene rings is 2. The quantitative estimate of drug-likeness (QED) is 0.575. The molecule has 8 heteroatoms. The number of hydrogen-bond donors (Lipinski definition) is 2. The van der Waals surface area contributed by atoms with Crippen LogP contribution in [0, 0.1) is 0 Å². The average Bonchev–Trinajstić information content (AvgIpc) is 3.17. The van der Waals surface area contributed by atoms with Crippen molar-refractivity contribution >= 4 is 29.3 Å². The van der Waals surface area contributed by atoms with Crippen molar-refractivity contribution in [3.05, 3.63) is 66.6 Å². The normalized spacial score (nSPS) is 10.4. The second-order valence-corrected chi connectivity index (χ2v) is 6.82. The van der Waals surface area contributed by atoms with Crippen molar-refractivity contribution in [1.29, 1.82) is 0 Å². The molecule has 0 fully saturated rings. The van der Waals surface area contributed by atoms with Crippen LogP contribution in [0.4, 0.5) is 5.69 Å². The Labute approximate surface area is 166 Å². The minimum Gasteiger partial charge on any atom is -0.484 e. The summed E-state index contributed by atoms with van der Waals surface area (Å²) in [4.78, 5) is 27.2. The van der Waals surface area contributed by atoms with E-state index in [-0.39, 0.29) is 18.3 Å². The minimum atomic E-state index is -0.544. The highest BCUT2D eigenvalue weighted by Crippen LogP contribution is 2.21. The van der Waals surface area contributed by atoms with Crippen molar-refractivity contribution in [3.63, 3.8) is 0 Å². The van der Waals surface area contributed by atoms with E-state index in [1.54, 1.807) is 30.5 Å². The first-order valence-electron chi connectivity index (χ1n) is 8.49. The summed E-state index contributed by atoms with van der Waals surface area (Å²) in [5, 5.41) is 2.80. The second-order valence-electron chi connectivity index (χ2n) is 5.83. The molecule has 2 amide bonds. The third-order valence-corrected chi connectivity index (χ3v) is 4.54. The number of hydrogen-bond acceptors (Lipinski definition) is 6. The van der Waals surface area contributed by atoms with Crippen molar-refractivity contribution in [2.45, 2.75) is 5.75 Å². The van der Waals surface area contributed by atoms with Crippen LogP contribution in [0.3, 0.4) is 0 Å². The highest BCUT2D eigenvalue weighted by atomic mass is 32.2. The molecule has 0 saturated carbocycles. The van der Waals surface area contributed by atoms with Crippen LogP contribution < -0.4 is 15.8 Å². The van der Waals surface area contributed by atoms with E-state index in [9.17, 15) is 9.59 Å². The Morgan fingerprint density at radius 3 is 2.57 bits per heavy atom. The highest BCUT2D eigenvalue weighted by molar-refractivity contribution is 7.99. The number of amides is 2. The van der Waals surface area contributed by atoms with Crippen molar-refractivity contribution in [3.8, 4) is 17.2 Å². The van der Waals surface area contributed by atoms with Crippen LogP contribution >= 0.6 is 11.8 Å². The molecule has 3 aromatic rings. The number of aromatic nitrogens is 1. The van der Waals surface area contributed by atoms with Gasteiger partial charge in [0.2, 0.25) is 11.8 Å². The van der Waals surface area contributed by atoms with Crippen molar-refractivity contribution in [1.82, 2.24) is 4.98 Å². The summed E-state index contributed by atoms with van der Waals surface area (Å²) in [5.41, 5.74) is 7.37. The number of nitrogens with two attached hydrogens (primary N) is 1. The Kier molecular flexibility index (Phi) is 6.69. The number of nitrogens with zero attached hydrogens (tertiary/aromatic N) is 1. The van der Waals surface area contributed by atoms with Gasteiger partial charge < -0.3 is 20.2 Å². The van der Waals surface area contributed by atoms with E-state index in [2.05, 4.69) is 10.3 Å². The Morgan fingerprint density at radius 1 is 1.11 bits per heavy atom. The summed E-state index contributed by atoms with van der Waals surface area (Å²) in [6, 6.07) is 16.4. The zero-order chi connectivity index (χ0) is 19.8. The number of carbonyl (C=O) groups excluding carboxylic acids is 2. The Morgan fingerprint density at radius 2 is 1.86 bits per heavy atom. The molecule has 3 N–H and O–H groups in total. The fraction of sp³-hybridized carbons (Fsp3) is 0.150. The van der Waals surface area contributed by atoms with Gasteiger partial charge in [0.25, 0.3) is 5.91 Å². The van der Waals surface area contributed by atoms with E-state index >= 15 is 0 Å². The molecule has 3 rings (SSSR count). The molecular weight excluding hydrogens is 378 g/mol. The first-order valence-corrected chi connectivity index (χ1v) is 9.64. The molecule has 0 aliphatic rings. The maximum atomic E-state index is 12.1. The molecule has 7 nitrogen and oxygen atoms in total. The molecule has 1 heterocycles. The van der Waals surface area contributed by atoms with E-state index in [1.165, 1.54) is 11.8 Å². The van der Waals surface area contributed by atoms with Gasteiger partial charge in [-0.05, 0) is 36.4 Å². The average molecular weight is 397 g/mol. The first-order chi connectivity index (χ1) is 13.6. The molecular formula is C20H19N3O4S. The topological polar surface area (TPSA) is 107 Å². The van der Waals surface area contributed by atoms with E-state index in [0.29, 0.717) is 23.1 Å². The molecule has 0 unspecified atom stereocenters. The van der Waals surface area contributed by atoms with Crippen LogP contribution in [-0.4, -0.2) is 29.2 Å². The number of primary amides is 1. The van der Waals surface area contributed by atoms with Crippen LogP contribution in [-0.2, 0) is 15.3 Å². The van der Waals surface area contributed by atoms with Gasteiger partial charge in [-0.1, -0.05) is 18.2 Å². The van der Waals surface area contributed by atoms with Gasteiger partial charge in [-0.2, -0.15) is 0 Å². The van der Waals surface area contributed by atoms with Crippen LogP contribution in [0.25, 0.3) is 11.5 Å². The summed E-state index contributed by atoms with van der Waals surface area (Å²) < 4.78 is 10.7. The van der Waals surface area contributed by atoms with Gasteiger partial charge in [0.15, 0.2) is 6.61 Å². The summed E-state index contributed by atoms with van der Waals surface area (Å²) in [6.45, 7) is -0.184. The van der Waals surface area contributed by atoms with Gasteiger partial charge in [0.1, 0.15) is 12.0 Å². The molecule has 144 valence electrons. The van der Waals surface area contributed by atoms with Crippen LogP contribution in [0.15, 0.2) is 65.3 Å². The van der Waals surface area contributed by atoms with Crippen LogP contribution in [0.5, 0.6) is 5.75 Å². The first kappa shape index (κ1) is 19.5. The zero-order valence-electron chi connectivity index (χ0n) is 15.0. The number of oxazole rings is 1. The lowest BCUT2D eigenvalue weighted by molar-refractivity contribution is -0.120. The summed E-state index contributed by atoms with van der Waals surface area (Å²) in [7, 11) is 0. The molecule has 2 aromatic carbocycles. The van der Waals surface area contributed by atoms with E-state index in [4.69, 9.17) is 14.9 Å². The van der Waals surface area contributed by atoms with Crippen molar-refractivity contribution < 1.29 is 18.7 Å². The smallest absolute Gasteiger partial charge is 0.255 e. The van der Waals surface area contributed by atoms with Crippen LogP contribution in [0.1, 0.15) is 5.69 Å². The predicted molar refractivity (Wildman–Crippen MR) is 108 cm³/mol. The predicted octanol–water partition coefficient (Wildman–Crippen LogP) is 3.08. The Bertz CT molecular complexity index is 926. The molecule has 0 radical (unpaired) electrons. The molecule has 0 spiro atoms. The molecule has 0 atom stereocenters. The molecule has 0 aliphatic heterocycles. The summed E-state index contributed by atoms with van der Waals surface area (Å²) in [6.07, 6.45) is 1.61. The number of rotatable bonds is 9. The standard InChI is InChI=1S/C20H19N3O4S/c21-18(24)11-26-17-8-6-15(7-9-17)22-19(25)13-28-12-16-10-27-20(23-16)14-4-2-1-3-5-14/h1-10H,11-13H2,(H2,21,24)(H,22,25). The summed E-state index contributed by atoms with van der Waals surface area (Å²) in [5.74, 6) is 1.27. The van der Waals surface area contributed by atoms with E-state index in [0.717, 1.165) is 11.3 Å². The number of anilines is 1. The van der Waals surface area contributed by atoms with Crippen molar-refractivity contribution in [2.24, 2.45) is 5.73 Å². The molecule has 0 bridgehead atoms. The van der Waals surface area contributed by atoms with E-state index in [1.807, 2.05) is 30.3 Å². The van der Waals surface area contributed by atoms with Crippen molar-refractivity contribution in [2.75, 3.05) is 17.7 Å². The molecule has 1 aromatic heterocycles. The SMILES string of the molecule is NC(=O)COc1ccc(NC(=O)CSCc2coc(-c3ccccc3)n2)cc1. The Balaban J connectivity index is 1.42. The molecule has 0 saturated heterocycles. The largest absolute Gasteiger partial charge is 0.484 e. The lowest BCUT2D eigenvalue weighted by Gasteiger charge is -2.07. The third-order valence-electron chi connectivity index (χ3n) is 3.57. The fourth-order valence-electron chi connectivity index (χ4n) is 2.32. The molecule has 0 aliphatic carbocycles. The third kappa shape index (κ3) is 5.88. The minimum absolute atomic E-state index is 0.123. The van der Waals surface area contributed by atoms with E-state index < -0.39 is 5.91 Å². The van der Waals surface area contributed by atoms with Gasteiger partial charge in [-0.15, -0.1) is 11.8 Å². The zero-order valence-corrected chi connectivity index (χ0v) is 15.8.